The van der Waals surface area contributed by atoms with Gasteiger partial charge in [0.1, 0.15) is 17.9 Å². The summed E-state index contributed by atoms with van der Waals surface area (Å²) >= 11 is 6.00. The van der Waals surface area contributed by atoms with Crippen molar-refractivity contribution < 1.29 is 19.1 Å². The van der Waals surface area contributed by atoms with Crippen molar-refractivity contribution >= 4 is 41.2 Å². The molecule has 0 aromatic heterocycles. The average molecular weight is 398 g/mol. The van der Waals surface area contributed by atoms with Crippen LogP contribution in [-0.2, 0) is 15.1 Å². The van der Waals surface area contributed by atoms with Crippen LogP contribution < -0.4 is 20.7 Å². The molecule has 1 saturated heterocycles. The van der Waals surface area contributed by atoms with Gasteiger partial charge in [0.2, 0.25) is 0 Å². The van der Waals surface area contributed by atoms with Gasteiger partial charge < -0.3 is 15.4 Å². The van der Waals surface area contributed by atoms with Crippen LogP contribution in [0.3, 0.4) is 0 Å². The highest BCUT2D eigenvalue weighted by molar-refractivity contribution is 6.30. The average Bonchev–Trinajstić information content (AvgIpc) is 2.94. The molecule has 4 rings (SSSR count). The third-order valence-electron chi connectivity index (χ3n) is 4.72. The standard InChI is InChI=1S/C20H16ClN3O4/c1-20(18(26)23-19(27)24-20)13-3-2-4-15(9-13)22-17(25)12-7-11-8-14(21)5-6-16(11)28-10-12/h2-9H,10H2,1H3,(H,22,25)(H2,23,24,26,27). The Labute approximate surface area is 165 Å². The molecule has 28 heavy (non-hydrogen) atoms. The molecule has 0 radical (unpaired) electrons. The zero-order chi connectivity index (χ0) is 19.9. The molecule has 2 aliphatic heterocycles. The Balaban J connectivity index is 1.56. The number of ether oxygens (including phenoxy) is 1. The number of nitrogens with one attached hydrogen (secondary N) is 3. The largest absolute Gasteiger partial charge is 0.488 e. The second-order valence-electron chi connectivity index (χ2n) is 6.71. The summed E-state index contributed by atoms with van der Waals surface area (Å²) in [5.41, 5.74) is 1.03. The van der Waals surface area contributed by atoms with Crippen molar-refractivity contribution in [3.05, 3.63) is 64.2 Å². The van der Waals surface area contributed by atoms with Gasteiger partial charge >= 0.3 is 6.03 Å². The minimum atomic E-state index is -1.19. The molecule has 2 heterocycles. The van der Waals surface area contributed by atoms with Crippen LogP contribution in [0.5, 0.6) is 5.75 Å². The second-order valence-corrected chi connectivity index (χ2v) is 7.15. The number of rotatable bonds is 3. The summed E-state index contributed by atoms with van der Waals surface area (Å²) in [7, 11) is 0. The van der Waals surface area contributed by atoms with Gasteiger partial charge in [-0.3, -0.25) is 14.9 Å². The van der Waals surface area contributed by atoms with Crippen LogP contribution in [0.1, 0.15) is 18.1 Å². The Bertz CT molecular complexity index is 1050. The van der Waals surface area contributed by atoms with Crippen LogP contribution in [-0.4, -0.2) is 24.5 Å². The fraction of sp³-hybridized carbons (Fsp3) is 0.150. The lowest BCUT2D eigenvalue weighted by molar-refractivity contribution is -0.123. The van der Waals surface area contributed by atoms with Crippen molar-refractivity contribution in [2.45, 2.75) is 12.5 Å². The Morgan fingerprint density at radius 3 is 2.79 bits per heavy atom. The van der Waals surface area contributed by atoms with Crippen molar-refractivity contribution in [1.29, 1.82) is 0 Å². The van der Waals surface area contributed by atoms with E-state index in [0.29, 0.717) is 27.6 Å². The van der Waals surface area contributed by atoms with Crippen molar-refractivity contribution in [3.8, 4) is 5.75 Å². The van der Waals surface area contributed by atoms with Gasteiger partial charge in [-0.15, -0.1) is 0 Å². The van der Waals surface area contributed by atoms with Crippen LogP contribution in [0.25, 0.3) is 6.08 Å². The fourth-order valence-electron chi connectivity index (χ4n) is 3.15. The number of anilines is 1. The van der Waals surface area contributed by atoms with E-state index in [1.807, 2.05) is 0 Å². The molecular formula is C20H16ClN3O4. The maximum Gasteiger partial charge on any atom is 0.322 e. The Morgan fingerprint density at radius 1 is 1.21 bits per heavy atom. The SMILES string of the molecule is CC1(c2cccc(NC(=O)C3=Cc4cc(Cl)ccc4OC3)c2)NC(=O)NC1=O. The van der Waals surface area contributed by atoms with E-state index in [1.165, 1.54) is 0 Å². The summed E-state index contributed by atoms with van der Waals surface area (Å²) in [4.78, 5) is 36.3. The minimum Gasteiger partial charge on any atom is -0.488 e. The molecule has 0 spiro atoms. The summed E-state index contributed by atoms with van der Waals surface area (Å²) in [6.45, 7) is 1.74. The van der Waals surface area contributed by atoms with E-state index in [9.17, 15) is 14.4 Å². The molecule has 2 aromatic rings. The molecule has 2 aliphatic rings. The lowest BCUT2D eigenvalue weighted by Gasteiger charge is -2.22. The topological polar surface area (TPSA) is 96.5 Å². The predicted molar refractivity (Wildman–Crippen MR) is 104 cm³/mol. The summed E-state index contributed by atoms with van der Waals surface area (Å²) in [5, 5.41) is 8.17. The zero-order valence-corrected chi connectivity index (χ0v) is 15.6. The molecule has 0 bridgehead atoms. The number of halogens is 1. The lowest BCUT2D eigenvalue weighted by atomic mass is 9.92. The highest BCUT2D eigenvalue weighted by atomic mass is 35.5. The van der Waals surface area contributed by atoms with Crippen molar-refractivity contribution in [1.82, 2.24) is 10.6 Å². The van der Waals surface area contributed by atoms with Crippen molar-refractivity contribution in [2.24, 2.45) is 0 Å². The third-order valence-corrected chi connectivity index (χ3v) is 4.95. The van der Waals surface area contributed by atoms with Crippen molar-refractivity contribution in [3.63, 3.8) is 0 Å². The summed E-state index contributed by atoms with van der Waals surface area (Å²) in [6.07, 6.45) is 1.73. The molecule has 0 aliphatic carbocycles. The van der Waals surface area contributed by atoms with Crippen LogP contribution >= 0.6 is 11.6 Å². The number of carbonyl (C=O) groups excluding carboxylic acids is 3. The maximum atomic E-state index is 12.6. The molecule has 4 amide bonds. The van der Waals surface area contributed by atoms with Gasteiger partial charge in [-0.25, -0.2) is 4.79 Å². The fourth-order valence-corrected chi connectivity index (χ4v) is 3.33. The van der Waals surface area contributed by atoms with Crippen LogP contribution in [0.4, 0.5) is 10.5 Å². The molecule has 1 unspecified atom stereocenters. The Hall–Kier alpha value is -3.32. The number of carbonyl (C=O) groups is 3. The zero-order valence-electron chi connectivity index (χ0n) is 14.8. The van der Waals surface area contributed by atoms with E-state index in [1.54, 1.807) is 55.5 Å². The summed E-state index contributed by atoms with van der Waals surface area (Å²) < 4.78 is 5.61. The highest BCUT2D eigenvalue weighted by Gasteiger charge is 2.43. The first-order valence-electron chi connectivity index (χ1n) is 8.53. The summed E-state index contributed by atoms with van der Waals surface area (Å²) in [5.74, 6) is -0.107. The number of hydrogen-bond acceptors (Lipinski definition) is 4. The smallest absolute Gasteiger partial charge is 0.322 e. The Morgan fingerprint density at radius 2 is 2.04 bits per heavy atom. The number of imide groups is 1. The van der Waals surface area contributed by atoms with E-state index >= 15 is 0 Å². The molecular weight excluding hydrogens is 382 g/mol. The number of hydrogen-bond donors (Lipinski definition) is 3. The van der Waals surface area contributed by atoms with E-state index in [2.05, 4.69) is 16.0 Å². The highest BCUT2D eigenvalue weighted by Crippen LogP contribution is 2.30. The first-order valence-corrected chi connectivity index (χ1v) is 8.91. The molecule has 2 aromatic carbocycles. The first-order chi connectivity index (χ1) is 13.3. The second kappa shape index (κ2) is 6.69. The van der Waals surface area contributed by atoms with Gasteiger partial charge in [0, 0.05) is 16.3 Å². The summed E-state index contributed by atoms with van der Waals surface area (Å²) in [6, 6.07) is 11.4. The molecule has 0 saturated carbocycles. The van der Waals surface area contributed by atoms with Gasteiger partial charge in [0.05, 0.1) is 5.57 Å². The quantitative estimate of drug-likeness (QED) is 0.694. The monoisotopic (exact) mass is 397 g/mol. The van der Waals surface area contributed by atoms with Gasteiger partial charge in [0.15, 0.2) is 0 Å². The van der Waals surface area contributed by atoms with Crippen LogP contribution in [0, 0.1) is 0 Å². The molecule has 1 atom stereocenters. The number of fused-ring (bicyclic) bond motifs is 1. The predicted octanol–water partition coefficient (Wildman–Crippen LogP) is 2.81. The van der Waals surface area contributed by atoms with Gasteiger partial charge in [-0.05, 0) is 48.9 Å². The van der Waals surface area contributed by atoms with Gasteiger partial charge in [0.25, 0.3) is 11.8 Å². The molecule has 3 N–H and O–H groups in total. The van der Waals surface area contributed by atoms with Gasteiger partial charge in [-0.2, -0.15) is 0 Å². The number of benzene rings is 2. The van der Waals surface area contributed by atoms with Gasteiger partial charge in [-0.1, -0.05) is 23.7 Å². The lowest BCUT2D eigenvalue weighted by Crippen LogP contribution is -2.40. The van der Waals surface area contributed by atoms with E-state index in [4.69, 9.17) is 16.3 Å². The normalized spacial score (nSPS) is 20.4. The molecule has 1 fully saturated rings. The number of amides is 4. The number of urea groups is 1. The molecule has 142 valence electrons. The van der Waals surface area contributed by atoms with E-state index in [-0.39, 0.29) is 12.5 Å². The Kier molecular flexibility index (Phi) is 4.31. The van der Waals surface area contributed by atoms with Crippen LogP contribution in [0.15, 0.2) is 48.0 Å². The minimum absolute atomic E-state index is 0.135. The molecule has 8 heteroatoms. The maximum absolute atomic E-state index is 12.6. The van der Waals surface area contributed by atoms with E-state index in [0.717, 1.165) is 5.56 Å². The first kappa shape index (κ1) is 18.1. The van der Waals surface area contributed by atoms with Crippen LogP contribution in [0.2, 0.25) is 5.02 Å². The molecule has 7 nitrogen and oxygen atoms in total. The van der Waals surface area contributed by atoms with E-state index < -0.39 is 17.5 Å². The van der Waals surface area contributed by atoms with Crippen molar-refractivity contribution in [2.75, 3.05) is 11.9 Å². The third kappa shape index (κ3) is 3.20.